The van der Waals surface area contributed by atoms with E-state index in [-0.39, 0.29) is 19.7 Å². The normalized spacial score (nSPS) is 10.2. The van der Waals surface area contributed by atoms with E-state index in [4.69, 9.17) is 10.5 Å². The van der Waals surface area contributed by atoms with Crippen LogP contribution < -0.4 is 11.1 Å². The average molecular weight is 333 g/mol. The largest absolute Gasteiger partial charge is 0.465 e. The third-order valence-electron chi connectivity index (χ3n) is 3.06. The Labute approximate surface area is 138 Å². The zero-order valence-electron chi connectivity index (χ0n) is 13.2. The number of nitrogen functional groups attached to an aromatic ring is 1. The van der Waals surface area contributed by atoms with E-state index in [1.807, 2.05) is 12.1 Å². The van der Waals surface area contributed by atoms with Crippen LogP contribution in [0.1, 0.15) is 18.3 Å². The molecule has 128 valence electrons. The van der Waals surface area contributed by atoms with Gasteiger partial charge in [0.05, 0.1) is 13.2 Å². The first-order chi connectivity index (χ1) is 11.6. The third-order valence-corrected chi connectivity index (χ3v) is 3.06. The smallest absolute Gasteiger partial charge is 0.325 e. The summed E-state index contributed by atoms with van der Waals surface area (Å²) in [4.78, 5) is 25.2. The van der Waals surface area contributed by atoms with Crippen molar-refractivity contribution in [1.29, 1.82) is 0 Å². The number of carbonyl (C=O) groups excluding carboxylic acids is 2. The van der Waals surface area contributed by atoms with Crippen LogP contribution >= 0.6 is 0 Å². The third kappa shape index (κ3) is 5.23. The predicted molar refractivity (Wildman–Crippen MR) is 84.3 cm³/mol. The number of rotatable bonds is 7. The van der Waals surface area contributed by atoms with Gasteiger partial charge in [-0.05, 0) is 35.0 Å². The number of hydrogen-bond donors (Lipinski definition) is 3. The summed E-state index contributed by atoms with van der Waals surface area (Å²) in [6.45, 7) is 2.21. The van der Waals surface area contributed by atoms with Crippen molar-refractivity contribution in [1.82, 2.24) is 30.8 Å². The van der Waals surface area contributed by atoms with Crippen LogP contribution in [0.5, 0.6) is 0 Å². The number of esters is 1. The maximum absolute atomic E-state index is 12.3. The molecule has 1 aromatic heterocycles. The van der Waals surface area contributed by atoms with Gasteiger partial charge >= 0.3 is 12.0 Å². The number of ether oxygens (including phenoxy) is 1. The van der Waals surface area contributed by atoms with Crippen LogP contribution in [0.2, 0.25) is 0 Å². The van der Waals surface area contributed by atoms with E-state index in [0.717, 1.165) is 5.56 Å². The van der Waals surface area contributed by atoms with Gasteiger partial charge in [-0.3, -0.25) is 4.79 Å². The number of hydrogen-bond acceptors (Lipinski definition) is 7. The van der Waals surface area contributed by atoms with Gasteiger partial charge in [0.2, 0.25) is 0 Å². The standard InChI is InChI=1S/C14H19N7O3/c1-2-24-13(22)7-16-14(23)21(9-12-17-19-20-18-12)8-10-3-5-11(15)6-4-10/h3-6H,2,7-9,15H2,1H3,(H,16,23)(H,17,18,19,20). The first kappa shape index (κ1) is 17.2. The van der Waals surface area contributed by atoms with Crippen molar-refractivity contribution in [3.05, 3.63) is 35.7 Å². The number of nitrogens with zero attached hydrogens (tertiary/aromatic N) is 4. The number of carbonyl (C=O) groups is 2. The van der Waals surface area contributed by atoms with E-state index in [2.05, 4.69) is 25.9 Å². The highest BCUT2D eigenvalue weighted by Crippen LogP contribution is 2.10. The molecule has 2 amide bonds. The summed E-state index contributed by atoms with van der Waals surface area (Å²) in [5, 5.41) is 15.8. The minimum atomic E-state index is -0.500. The fourth-order valence-electron chi connectivity index (χ4n) is 1.94. The first-order valence-electron chi connectivity index (χ1n) is 7.34. The van der Waals surface area contributed by atoms with Crippen LogP contribution in [0.4, 0.5) is 10.5 Å². The van der Waals surface area contributed by atoms with Crippen molar-refractivity contribution >= 4 is 17.7 Å². The molecule has 0 spiro atoms. The summed E-state index contributed by atoms with van der Waals surface area (Å²) < 4.78 is 4.78. The van der Waals surface area contributed by atoms with E-state index in [0.29, 0.717) is 18.1 Å². The predicted octanol–water partition coefficient (Wildman–Crippen LogP) is 0.0568. The summed E-state index contributed by atoms with van der Waals surface area (Å²) in [5.41, 5.74) is 7.17. The molecule has 2 aromatic rings. The van der Waals surface area contributed by atoms with Gasteiger partial charge in [-0.25, -0.2) is 9.89 Å². The van der Waals surface area contributed by atoms with Gasteiger partial charge in [-0.2, -0.15) is 0 Å². The first-order valence-corrected chi connectivity index (χ1v) is 7.34. The number of aromatic nitrogens is 4. The lowest BCUT2D eigenvalue weighted by Gasteiger charge is -2.21. The summed E-state index contributed by atoms with van der Waals surface area (Å²) in [7, 11) is 0. The number of urea groups is 1. The summed E-state index contributed by atoms with van der Waals surface area (Å²) >= 11 is 0. The van der Waals surface area contributed by atoms with E-state index in [1.165, 1.54) is 4.90 Å². The van der Waals surface area contributed by atoms with Crippen LogP contribution in [0, 0.1) is 0 Å². The number of nitrogens with two attached hydrogens (primary N) is 1. The number of H-pyrrole nitrogens is 1. The number of aromatic amines is 1. The number of tetrazole rings is 1. The molecule has 0 aliphatic heterocycles. The highest BCUT2D eigenvalue weighted by atomic mass is 16.5. The second-order valence-corrected chi connectivity index (χ2v) is 4.91. The Morgan fingerprint density at radius 1 is 1.29 bits per heavy atom. The fraction of sp³-hybridized carbons (Fsp3) is 0.357. The number of anilines is 1. The Hall–Kier alpha value is -3.17. The minimum Gasteiger partial charge on any atom is -0.465 e. The molecule has 1 heterocycles. The highest BCUT2D eigenvalue weighted by Gasteiger charge is 2.17. The van der Waals surface area contributed by atoms with Gasteiger partial charge in [-0.1, -0.05) is 12.1 Å². The molecule has 1 aromatic carbocycles. The topological polar surface area (TPSA) is 139 Å². The van der Waals surface area contributed by atoms with Crippen molar-refractivity contribution in [3.8, 4) is 0 Å². The molecule has 0 saturated heterocycles. The Bertz CT molecular complexity index is 658. The van der Waals surface area contributed by atoms with Crippen LogP contribution in [-0.4, -0.2) is 50.7 Å². The highest BCUT2D eigenvalue weighted by molar-refractivity contribution is 5.80. The Kier molecular flexibility index (Phi) is 6.06. The molecule has 0 saturated carbocycles. The Morgan fingerprint density at radius 2 is 2.04 bits per heavy atom. The van der Waals surface area contributed by atoms with Crippen molar-refractivity contribution in [2.45, 2.75) is 20.0 Å². The van der Waals surface area contributed by atoms with Gasteiger partial charge in [0.1, 0.15) is 6.54 Å². The zero-order chi connectivity index (χ0) is 17.4. The summed E-state index contributed by atoms with van der Waals surface area (Å²) in [5.74, 6) is -0.0728. The van der Waals surface area contributed by atoms with Gasteiger partial charge in [-0.15, -0.1) is 5.10 Å². The van der Waals surface area contributed by atoms with E-state index < -0.39 is 12.0 Å². The van der Waals surface area contributed by atoms with Crippen LogP contribution in [-0.2, 0) is 22.6 Å². The number of nitrogens with one attached hydrogen (secondary N) is 2. The zero-order valence-corrected chi connectivity index (χ0v) is 13.2. The van der Waals surface area contributed by atoms with E-state index in [1.54, 1.807) is 19.1 Å². The maximum Gasteiger partial charge on any atom is 0.325 e. The van der Waals surface area contributed by atoms with Crippen molar-refractivity contribution < 1.29 is 14.3 Å². The molecule has 10 heteroatoms. The molecular weight excluding hydrogens is 314 g/mol. The molecule has 0 aliphatic rings. The molecule has 0 fully saturated rings. The van der Waals surface area contributed by atoms with Crippen molar-refractivity contribution in [2.75, 3.05) is 18.9 Å². The number of benzene rings is 1. The lowest BCUT2D eigenvalue weighted by Crippen LogP contribution is -2.41. The van der Waals surface area contributed by atoms with Crippen molar-refractivity contribution in [2.24, 2.45) is 0 Å². The molecule has 24 heavy (non-hydrogen) atoms. The Morgan fingerprint density at radius 3 is 2.67 bits per heavy atom. The Balaban J connectivity index is 2.02. The van der Waals surface area contributed by atoms with Crippen molar-refractivity contribution in [3.63, 3.8) is 0 Å². The second-order valence-electron chi connectivity index (χ2n) is 4.91. The molecule has 10 nitrogen and oxygen atoms in total. The quantitative estimate of drug-likeness (QED) is 0.481. The molecule has 0 aliphatic carbocycles. The molecular formula is C14H19N7O3. The molecule has 0 unspecified atom stereocenters. The van der Waals surface area contributed by atoms with E-state index >= 15 is 0 Å². The lowest BCUT2D eigenvalue weighted by molar-refractivity contribution is -0.141. The minimum absolute atomic E-state index is 0.159. The maximum atomic E-state index is 12.3. The monoisotopic (exact) mass is 333 g/mol. The average Bonchev–Trinajstić information content (AvgIpc) is 3.07. The molecule has 2 rings (SSSR count). The van der Waals surface area contributed by atoms with Crippen LogP contribution in [0.15, 0.2) is 24.3 Å². The van der Waals surface area contributed by atoms with E-state index in [9.17, 15) is 9.59 Å². The van der Waals surface area contributed by atoms with Gasteiger partial charge in [0.25, 0.3) is 0 Å². The summed E-state index contributed by atoms with van der Waals surface area (Å²) in [6.07, 6.45) is 0. The molecule has 0 bridgehead atoms. The number of amides is 2. The second kappa shape index (κ2) is 8.46. The van der Waals surface area contributed by atoms with Crippen LogP contribution in [0.3, 0.4) is 0 Å². The SMILES string of the molecule is CCOC(=O)CNC(=O)N(Cc1ccc(N)cc1)Cc1nnn[nH]1. The van der Waals surface area contributed by atoms with Gasteiger partial charge in [0.15, 0.2) is 5.82 Å². The molecule has 0 radical (unpaired) electrons. The molecule has 0 atom stereocenters. The summed E-state index contributed by atoms with van der Waals surface area (Å²) in [6, 6.07) is 6.70. The lowest BCUT2D eigenvalue weighted by atomic mass is 10.2. The van der Waals surface area contributed by atoms with Gasteiger partial charge in [0, 0.05) is 12.2 Å². The molecule has 4 N–H and O–H groups in total. The fourth-order valence-corrected chi connectivity index (χ4v) is 1.94. The van der Waals surface area contributed by atoms with Crippen LogP contribution in [0.25, 0.3) is 0 Å². The van der Waals surface area contributed by atoms with Gasteiger partial charge < -0.3 is 20.7 Å².